The number of carbonyl (C=O) groups is 1. The van der Waals surface area contributed by atoms with Gasteiger partial charge in [-0.05, 0) is 60.5 Å². The number of thiocarbonyl (C=S) groups is 1. The minimum Gasteiger partial charge on any atom is -0.493 e. The number of anilines is 1. The molecule has 234 valence electrons. The van der Waals surface area contributed by atoms with Crippen LogP contribution in [0, 0.1) is 6.92 Å². The molecule has 2 aromatic heterocycles. The van der Waals surface area contributed by atoms with Gasteiger partial charge < -0.3 is 9.47 Å². The van der Waals surface area contributed by atoms with Crippen molar-refractivity contribution in [2.75, 3.05) is 12.0 Å². The highest BCUT2D eigenvalue weighted by atomic mass is 35.5. The number of amides is 1. The number of benzene rings is 3. The molecule has 46 heavy (non-hydrogen) atoms. The maximum Gasteiger partial charge on any atom is 0.332 e. The molecule has 0 bridgehead atoms. The van der Waals surface area contributed by atoms with Crippen molar-refractivity contribution >= 4 is 80.3 Å². The predicted octanol–water partition coefficient (Wildman–Crippen LogP) is 6.30. The highest BCUT2D eigenvalue weighted by Crippen LogP contribution is 2.38. The predicted molar refractivity (Wildman–Crippen MR) is 186 cm³/mol. The molecule has 3 aromatic carbocycles. The Labute approximate surface area is 282 Å². The average Bonchev–Trinajstić information content (AvgIpc) is 3.52. The van der Waals surface area contributed by atoms with E-state index >= 15 is 0 Å². The lowest BCUT2D eigenvalue weighted by molar-refractivity contribution is -0.113. The normalized spacial score (nSPS) is 14.1. The lowest BCUT2D eigenvalue weighted by Crippen LogP contribution is -2.37. The van der Waals surface area contributed by atoms with E-state index in [1.54, 1.807) is 47.0 Å². The SMILES string of the molecule is COc1cc(/C=C2/SC(=S)N(c3ccc(C)cc3)C2=O)ccc1Oc1nc2c(c(=O)n(C)c(=O)n2C)n1Cc1ccc(Cl)cc1Cl. The number of carbonyl (C=O) groups excluding carboxylic acids is 1. The smallest absolute Gasteiger partial charge is 0.332 e. The van der Waals surface area contributed by atoms with Crippen molar-refractivity contribution in [2.45, 2.75) is 13.5 Å². The maximum absolute atomic E-state index is 13.3. The monoisotopic (exact) mass is 693 g/mol. The first-order valence-electron chi connectivity index (χ1n) is 13.8. The number of nitrogens with zero attached hydrogens (tertiary/aromatic N) is 5. The van der Waals surface area contributed by atoms with Gasteiger partial charge >= 0.3 is 11.7 Å². The van der Waals surface area contributed by atoms with Crippen LogP contribution in [0.4, 0.5) is 5.69 Å². The lowest BCUT2D eigenvalue weighted by Gasteiger charge is -2.14. The summed E-state index contributed by atoms with van der Waals surface area (Å²) in [6.07, 6.45) is 1.73. The molecule has 10 nitrogen and oxygen atoms in total. The summed E-state index contributed by atoms with van der Waals surface area (Å²) in [7, 11) is 4.41. The Bertz CT molecular complexity index is 2220. The third-order valence-corrected chi connectivity index (χ3v) is 9.32. The highest BCUT2D eigenvalue weighted by molar-refractivity contribution is 8.27. The molecule has 6 rings (SSSR count). The molecule has 1 aliphatic heterocycles. The topological polar surface area (TPSA) is 101 Å². The van der Waals surface area contributed by atoms with Gasteiger partial charge in [-0.1, -0.05) is 77.0 Å². The van der Waals surface area contributed by atoms with Crippen molar-refractivity contribution in [3.05, 3.63) is 113 Å². The fourth-order valence-electron chi connectivity index (χ4n) is 4.96. The molecule has 0 unspecified atom stereocenters. The van der Waals surface area contributed by atoms with Crippen molar-refractivity contribution < 1.29 is 14.3 Å². The summed E-state index contributed by atoms with van der Waals surface area (Å²) < 4.78 is 16.2. The molecule has 1 saturated heterocycles. The van der Waals surface area contributed by atoms with Crippen LogP contribution in [0.25, 0.3) is 17.2 Å². The van der Waals surface area contributed by atoms with E-state index in [9.17, 15) is 14.4 Å². The van der Waals surface area contributed by atoms with Gasteiger partial charge in [-0.25, -0.2) is 4.79 Å². The van der Waals surface area contributed by atoms with Crippen molar-refractivity contribution in [3.8, 4) is 17.5 Å². The number of methoxy groups -OCH3 is 1. The second kappa shape index (κ2) is 12.4. The average molecular weight is 695 g/mol. The molecule has 0 atom stereocenters. The Morgan fingerprint density at radius 2 is 1.70 bits per heavy atom. The van der Waals surface area contributed by atoms with E-state index in [-0.39, 0.29) is 35.4 Å². The first-order valence-corrected chi connectivity index (χ1v) is 15.8. The van der Waals surface area contributed by atoms with Crippen LogP contribution in [-0.2, 0) is 25.4 Å². The number of hydrogen-bond donors (Lipinski definition) is 0. The molecule has 0 spiro atoms. The van der Waals surface area contributed by atoms with Crippen LogP contribution in [0.5, 0.6) is 17.5 Å². The molecule has 0 aliphatic carbocycles. The second-order valence-corrected chi connectivity index (χ2v) is 13.0. The summed E-state index contributed by atoms with van der Waals surface area (Å²) in [4.78, 5) is 45.9. The quantitative estimate of drug-likeness (QED) is 0.145. The second-order valence-electron chi connectivity index (χ2n) is 10.5. The minimum absolute atomic E-state index is 0.0318. The molecule has 5 aromatic rings. The summed E-state index contributed by atoms with van der Waals surface area (Å²) in [6.45, 7) is 2.07. The van der Waals surface area contributed by atoms with Gasteiger partial charge in [0.05, 0.1) is 24.2 Å². The van der Waals surface area contributed by atoms with Gasteiger partial charge in [-0.3, -0.25) is 28.2 Å². The van der Waals surface area contributed by atoms with Crippen molar-refractivity contribution in [3.63, 3.8) is 0 Å². The first kappa shape index (κ1) is 31.6. The Hall–Kier alpha value is -4.36. The van der Waals surface area contributed by atoms with Gasteiger partial charge in [0.25, 0.3) is 11.5 Å². The van der Waals surface area contributed by atoms with E-state index in [1.807, 2.05) is 31.2 Å². The van der Waals surface area contributed by atoms with E-state index < -0.39 is 11.2 Å². The van der Waals surface area contributed by atoms with E-state index in [4.69, 9.17) is 44.9 Å². The zero-order valence-corrected chi connectivity index (χ0v) is 28.1. The summed E-state index contributed by atoms with van der Waals surface area (Å²) in [6, 6.07) is 17.8. The van der Waals surface area contributed by atoms with Crippen LogP contribution in [0.3, 0.4) is 0 Å². The minimum atomic E-state index is -0.546. The Morgan fingerprint density at radius 3 is 2.39 bits per heavy atom. The molecule has 1 amide bonds. The highest BCUT2D eigenvalue weighted by Gasteiger charge is 2.33. The van der Waals surface area contributed by atoms with Gasteiger partial charge in [0.2, 0.25) is 0 Å². The van der Waals surface area contributed by atoms with Crippen LogP contribution < -0.4 is 25.6 Å². The molecule has 14 heteroatoms. The summed E-state index contributed by atoms with van der Waals surface area (Å²) in [5.41, 5.74) is 2.31. The van der Waals surface area contributed by atoms with Gasteiger partial charge in [-0.2, -0.15) is 4.98 Å². The molecule has 1 aliphatic rings. The maximum atomic E-state index is 13.3. The molecular weight excluding hydrogens is 669 g/mol. The van der Waals surface area contributed by atoms with Crippen LogP contribution in [-0.4, -0.2) is 36.0 Å². The Morgan fingerprint density at radius 1 is 0.957 bits per heavy atom. The molecule has 0 radical (unpaired) electrons. The van der Waals surface area contributed by atoms with Crippen LogP contribution in [0.1, 0.15) is 16.7 Å². The van der Waals surface area contributed by atoms with E-state index in [0.717, 1.165) is 10.1 Å². The first-order chi connectivity index (χ1) is 22.0. The van der Waals surface area contributed by atoms with Gasteiger partial charge in [-0.15, -0.1) is 0 Å². The third-order valence-electron chi connectivity index (χ3n) is 7.43. The third kappa shape index (κ3) is 5.73. The van der Waals surface area contributed by atoms with E-state index in [2.05, 4.69) is 4.98 Å². The fraction of sp³-hybridized carbons (Fsp3) is 0.156. The number of thioether (sulfide) groups is 1. The van der Waals surface area contributed by atoms with Crippen molar-refractivity contribution in [1.82, 2.24) is 18.7 Å². The van der Waals surface area contributed by atoms with Crippen LogP contribution in [0.2, 0.25) is 10.0 Å². The molecule has 0 saturated carbocycles. The number of aromatic nitrogens is 4. The molecule has 0 N–H and O–H groups in total. The zero-order valence-electron chi connectivity index (χ0n) is 24.9. The van der Waals surface area contributed by atoms with Crippen molar-refractivity contribution in [2.24, 2.45) is 14.1 Å². The van der Waals surface area contributed by atoms with Gasteiger partial charge in [0.1, 0.15) is 0 Å². The van der Waals surface area contributed by atoms with Gasteiger partial charge in [0, 0.05) is 24.1 Å². The largest absolute Gasteiger partial charge is 0.493 e. The number of fused-ring (bicyclic) bond motifs is 1. The zero-order chi connectivity index (χ0) is 32.9. The molecule has 3 heterocycles. The molecule has 1 fully saturated rings. The van der Waals surface area contributed by atoms with E-state index in [1.165, 1.54) is 42.4 Å². The van der Waals surface area contributed by atoms with Crippen LogP contribution in [0.15, 0.2) is 75.2 Å². The standard InChI is InChI=1S/C32H25Cl2N5O5S2/c1-17-5-10-21(11-6-17)39-28(40)25(46-32(39)45)14-18-7-12-23(24(13-18)43-4)44-30-35-27-26(29(41)37(3)31(42)36(27)2)38(30)16-19-8-9-20(33)15-22(19)34/h5-15H,16H2,1-4H3/b25-14+. The Balaban J connectivity index is 1.38. The number of imidazole rings is 1. The van der Waals surface area contributed by atoms with Gasteiger partial charge in [0.15, 0.2) is 27.0 Å². The lowest BCUT2D eigenvalue weighted by atomic mass is 10.1. The Kier molecular flexibility index (Phi) is 8.55. The summed E-state index contributed by atoms with van der Waals surface area (Å²) in [5, 5.41) is 0.845. The summed E-state index contributed by atoms with van der Waals surface area (Å²) in [5.74, 6) is 0.403. The fourth-order valence-corrected chi connectivity index (χ4v) is 6.73. The number of rotatable bonds is 7. The van der Waals surface area contributed by atoms with Crippen LogP contribution >= 0.6 is 47.2 Å². The number of ether oxygens (including phenoxy) is 2. The number of hydrogen-bond acceptors (Lipinski definition) is 8. The summed E-state index contributed by atoms with van der Waals surface area (Å²) >= 11 is 19.3. The van der Waals surface area contributed by atoms with Crippen molar-refractivity contribution in [1.29, 1.82) is 0 Å². The molecular formula is C32H25Cl2N5O5S2. The number of aryl methyl sites for hydroxylation is 2. The van der Waals surface area contributed by atoms with E-state index in [0.29, 0.717) is 41.8 Å². The number of halogens is 2.